The summed E-state index contributed by atoms with van der Waals surface area (Å²) in [5, 5.41) is -0.800. The highest BCUT2D eigenvalue weighted by molar-refractivity contribution is 8.00. The second-order valence-corrected chi connectivity index (χ2v) is 9.48. The second kappa shape index (κ2) is 10.1. The summed E-state index contributed by atoms with van der Waals surface area (Å²) < 4.78 is 12.8. The maximum atomic E-state index is 12.9. The summed E-state index contributed by atoms with van der Waals surface area (Å²) in [6.07, 6.45) is 1.13. The van der Waals surface area contributed by atoms with Crippen LogP contribution in [-0.2, 0) is 9.47 Å². The molecular formula is C25H24N2O6S. The van der Waals surface area contributed by atoms with Gasteiger partial charge in [-0.05, 0) is 37.1 Å². The minimum absolute atomic E-state index is 0.00183. The number of aryl methyl sites for hydroxylation is 2. The van der Waals surface area contributed by atoms with Crippen LogP contribution in [0.3, 0.4) is 0 Å². The first-order chi connectivity index (χ1) is 16.3. The van der Waals surface area contributed by atoms with Crippen molar-refractivity contribution >= 4 is 23.7 Å². The lowest BCUT2D eigenvalue weighted by atomic mass is 10.1. The normalized spacial score (nSPS) is 19.5. The fourth-order valence-electron chi connectivity index (χ4n) is 3.84. The maximum absolute atomic E-state index is 12.9. The van der Waals surface area contributed by atoms with E-state index in [9.17, 15) is 19.2 Å². The molecule has 1 fully saturated rings. The van der Waals surface area contributed by atoms with E-state index in [1.54, 1.807) is 24.3 Å². The Hall–Kier alpha value is -3.59. The number of carbonyl (C=O) groups is 2. The summed E-state index contributed by atoms with van der Waals surface area (Å²) in [4.78, 5) is 51.5. The third-order valence-corrected chi connectivity index (χ3v) is 7.23. The Kier molecular flexibility index (Phi) is 7.02. The molecule has 176 valence electrons. The number of thioether (sulfide) groups is 1. The molecule has 34 heavy (non-hydrogen) atoms. The molecule has 9 heteroatoms. The molecule has 1 aliphatic rings. The van der Waals surface area contributed by atoms with E-state index in [1.807, 2.05) is 38.1 Å². The van der Waals surface area contributed by atoms with Crippen LogP contribution < -0.4 is 11.2 Å². The topological polar surface area (TPSA) is 107 Å². The number of hydrogen-bond acceptors (Lipinski definition) is 7. The average Bonchev–Trinajstić information content (AvgIpc) is 3.20. The third-order valence-electron chi connectivity index (χ3n) is 5.71. The van der Waals surface area contributed by atoms with Gasteiger partial charge in [0.2, 0.25) is 0 Å². The van der Waals surface area contributed by atoms with Gasteiger partial charge in [0.15, 0.2) is 0 Å². The van der Waals surface area contributed by atoms with Crippen molar-refractivity contribution in [1.29, 1.82) is 0 Å². The van der Waals surface area contributed by atoms with E-state index in [2.05, 4.69) is 4.98 Å². The molecule has 8 nitrogen and oxygen atoms in total. The van der Waals surface area contributed by atoms with Crippen molar-refractivity contribution in [1.82, 2.24) is 9.55 Å². The van der Waals surface area contributed by atoms with E-state index in [0.717, 1.165) is 11.1 Å². The van der Waals surface area contributed by atoms with Gasteiger partial charge in [-0.1, -0.05) is 36.4 Å². The van der Waals surface area contributed by atoms with Gasteiger partial charge in [-0.3, -0.25) is 14.3 Å². The van der Waals surface area contributed by atoms with Gasteiger partial charge in [0, 0.05) is 18.7 Å². The van der Waals surface area contributed by atoms with Crippen molar-refractivity contribution in [3.63, 3.8) is 0 Å². The zero-order valence-corrected chi connectivity index (χ0v) is 19.5. The van der Waals surface area contributed by atoms with Crippen molar-refractivity contribution in [3.05, 3.63) is 104 Å². The first-order valence-corrected chi connectivity index (χ1v) is 11.7. The van der Waals surface area contributed by atoms with Crippen molar-refractivity contribution in [3.8, 4) is 0 Å². The fourth-order valence-corrected chi connectivity index (χ4v) is 5.33. The molecule has 4 rings (SSSR count). The molecule has 3 aromatic rings. The summed E-state index contributed by atoms with van der Waals surface area (Å²) in [5.74, 6) is -0.944. The lowest BCUT2D eigenvalue weighted by Crippen LogP contribution is -2.31. The Morgan fingerprint density at radius 3 is 2.21 bits per heavy atom. The van der Waals surface area contributed by atoms with Crippen molar-refractivity contribution in [2.24, 2.45) is 0 Å². The molecule has 0 bridgehead atoms. The molecule has 2 aromatic carbocycles. The molecule has 0 aliphatic carbocycles. The molecule has 0 radical (unpaired) electrons. The number of hydrogen-bond donors (Lipinski definition) is 1. The third kappa shape index (κ3) is 5.14. The molecule has 1 N–H and O–H groups in total. The Labute approximate surface area is 199 Å². The van der Waals surface area contributed by atoms with Crippen molar-refractivity contribution < 1.29 is 19.1 Å². The Balaban J connectivity index is 1.54. The predicted molar refractivity (Wildman–Crippen MR) is 128 cm³/mol. The lowest BCUT2D eigenvalue weighted by molar-refractivity contribution is 0.0204. The minimum atomic E-state index is -0.606. The highest BCUT2D eigenvalue weighted by Gasteiger charge is 2.40. The van der Waals surface area contributed by atoms with Gasteiger partial charge < -0.3 is 9.47 Å². The Morgan fingerprint density at radius 1 is 0.971 bits per heavy atom. The van der Waals surface area contributed by atoms with E-state index in [0.29, 0.717) is 17.5 Å². The van der Waals surface area contributed by atoms with Crippen LogP contribution in [0.5, 0.6) is 0 Å². The Morgan fingerprint density at radius 2 is 1.59 bits per heavy atom. The van der Waals surface area contributed by atoms with E-state index in [4.69, 9.17) is 9.47 Å². The molecule has 0 saturated carbocycles. The fraction of sp³-hybridized carbons (Fsp3) is 0.280. The number of benzene rings is 2. The van der Waals surface area contributed by atoms with Crippen LogP contribution in [0.1, 0.15) is 43.6 Å². The van der Waals surface area contributed by atoms with Crippen molar-refractivity contribution in [2.45, 2.75) is 37.0 Å². The van der Waals surface area contributed by atoms with E-state index in [-0.39, 0.29) is 6.61 Å². The number of ether oxygens (including phenoxy) is 2. The second-order valence-electron chi connectivity index (χ2n) is 8.05. The van der Waals surface area contributed by atoms with Gasteiger partial charge in [0.1, 0.15) is 12.7 Å². The largest absolute Gasteiger partial charge is 0.461 e. The number of carbonyl (C=O) groups excluding carboxylic acids is 2. The first kappa shape index (κ1) is 23.6. The van der Waals surface area contributed by atoms with Crippen LogP contribution in [0.2, 0.25) is 0 Å². The van der Waals surface area contributed by atoms with Crippen LogP contribution in [0, 0.1) is 13.8 Å². The number of esters is 2. The number of nitrogens with one attached hydrogen (secondary N) is 1. The van der Waals surface area contributed by atoms with Crippen LogP contribution in [0.15, 0.2) is 70.4 Å². The number of aromatic amines is 1. The molecule has 3 atom stereocenters. The molecule has 0 amide bonds. The van der Waals surface area contributed by atoms with E-state index >= 15 is 0 Å². The predicted octanol–water partition coefficient (Wildman–Crippen LogP) is 3.24. The number of H-pyrrole nitrogens is 1. The summed E-state index contributed by atoms with van der Waals surface area (Å²) in [5.41, 5.74) is 1.46. The zero-order chi connectivity index (χ0) is 24.2. The van der Waals surface area contributed by atoms with E-state index in [1.165, 1.54) is 28.6 Å². The van der Waals surface area contributed by atoms with Crippen LogP contribution in [-0.4, -0.2) is 39.5 Å². The minimum Gasteiger partial charge on any atom is -0.461 e. The summed E-state index contributed by atoms with van der Waals surface area (Å²) in [6.45, 7) is 3.65. The summed E-state index contributed by atoms with van der Waals surface area (Å²) in [6, 6.07) is 15.5. The molecule has 2 heterocycles. The molecule has 0 spiro atoms. The summed E-state index contributed by atoms with van der Waals surface area (Å²) in [7, 11) is 0. The van der Waals surface area contributed by atoms with Gasteiger partial charge in [0.05, 0.1) is 21.8 Å². The van der Waals surface area contributed by atoms with Crippen molar-refractivity contribution in [2.75, 3.05) is 6.61 Å². The van der Waals surface area contributed by atoms with Gasteiger partial charge in [0.25, 0.3) is 5.56 Å². The summed E-state index contributed by atoms with van der Waals surface area (Å²) >= 11 is 1.36. The average molecular weight is 481 g/mol. The number of aromatic nitrogens is 2. The quantitative estimate of drug-likeness (QED) is 0.540. The standard InChI is InChI=1S/C25H24N2O6S/c1-15-7-3-5-9-17(15)23(29)32-14-20-19(33-24(30)18-10-6-4-8-16(18)2)13-22(34-20)27-12-11-21(28)26-25(27)31/h3-12,19-20,22H,13-14H2,1-2H3,(H,26,28,31)/t19-,20+,22-/m0/s1. The molecule has 0 unspecified atom stereocenters. The SMILES string of the molecule is Cc1ccccc1C(=O)OC[C@H]1S[C@H](n2ccc(=O)[nH]c2=O)C[C@@H]1OC(=O)c1ccccc1C. The van der Waals surface area contributed by atoms with Gasteiger partial charge in [-0.2, -0.15) is 0 Å². The maximum Gasteiger partial charge on any atom is 0.338 e. The van der Waals surface area contributed by atoms with Gasteiger partial charge in [-0.15, -0.1) is 11.8 Å². The smallest absolute Gasteiger partial charge is 0.338 e. The lowest BCUT2D eigenvalue weighted by Gasteiger charge is -2.19. The number of nitrogens with zero attached hydrogens (tertiary/aromatic N) is 1. The molecule has 1 aromatic heterocycles. The van der Waals surface area contributed by atoms with Crippen LogP contribution in [0.25, 0.3) is 0 Å². The highest BCUT2D eigenvalue weighted by Crippen LogP contribution is 2.42. The highest BCUT2D eigenvalue weighted by atomic mass is 32.2. The van der Waals surface area contributed by atoms with Crippen LogP contribution in [0.4, 0.5) is 0 Å². The van der Waals surface area contributed by atoms with Gasteiger partial charge in [-0.25, -0.2) is 14.4 Å². The monoisotopic (exact) mass is 480 g/mol. The zero-order valence-electron chi connectivity index (χ0n) is 18.7. The number of rotatable bonds is 6. The molecular weight excluding hydrogens is 456 g/mol. The molecule has 1 aliphatic heterocycles. The van der Waals surface area contributed by atoms with Crippen LogP contribution >= 0.6 is 11.8 Å². The Bertz CT molecular complexity index is 1330. The first-order valence-electron chi connectivity index (χ1n) is 10.8. The molecule has 1 saturated heterocycles. The van der Waals surface area contributed by atoms with E-state index < -0.39 is 39.9 Å². The van der Waals surface area contributed by atoms with Gasteiger partial charge >= 0.3 is 17.6 Å².